The van der Waals surface area contributed by atoms with Crippen LogP contribution in [-0.2, 0) is 16.0 Å². The van der Waals surface area contributed by atoms with Crippen molar-refractivity contribution in [2.45, 2.75) is 6.42 Å². The highest BCUT2D eigenvalue weighted by molar-refractivity contribution is 7.26. The number of thiazole rings is 1. The monoisotopic (exact) mass is 399 g/mol. The van der Waals surface area contributed by atoms with Gasteiger partial charge in [-0.25, -0.2) is 4.98 Å². The first-order valence-corrected chi connectivity index (χ1v) is 9.96. The van der Waals surface area contributed by atoms with Gasteiger partial charge >= 0.3 is 5.97 Å². The highest BCUT2D eigenvalue weighted by Gasteiger charge is 2.18. The van der Waals surface area contributed by atoms with Gasteiger partial charge in [0, 0.05) is 20.2 Å². The van der Waals surface area contributed by atoms with Crippen molar-refractivity contribution in [3.63, 3.8) is 0 Å². The predicted molar refractivity (Wildman–Crippen MR) is 109 cm³/mol. The molecule has 0 aliphatic rings. The first kappa shape index (κ1) is 17.2. The van der Waals surface area contributed by atoms with Gasteiger partial charge in [0.15, 0.2) is 0 Å². The van der Waals surface area contributed by atoms with Crippen LogP contribution in [0, 0.1) is 0 Å². The van der Waals surface area contributed by atoms with Crippen molar-refractivity contribution < 1.29 is 9.53 Å². The first-order valence-electron chi connectivity index (χ1n) is 7.95. The first-order chi connectivity index (χ1) is 12.6. The SMILES string of the molecule is COC(=O)Cc1sc(-c2cc3ccccc3s2)nc1-c1ccc(Cl)cc1. The fourth-order valence-corrected chi connectivity index (χ4v) is 5.00. The highest BCUT2D eigenvalue weighted by atomic mass is 35.5. The van der Waals surface area contributed by atoms with E-state index in [4.69, 9.17) is 21.3 Å². The van der Waals surface area contributed by atoms with Gasteiger partial charge in [-0.3, -0.25) is 4.79 Å². The Balaban J connectivity index is 1.81. The van der Waals surface area contributed by atoms with E-state index in [2.05, 4.69) is 18.2 Å². The van der Waals surface area contributed by atoms with E-state index in [-0.39, 0.29) is 12.4 Å². The number of benzene rings is 2. The standard InChI is InChI=1S/C20H14ClNO2S2/c1-24-18(23)11-16-19(12-6-8-14(21)9-7-12)22-20(26-16)17-10-13-4-2-3-5-15(13)25-17/h2-10H,11H2,1H3. The lowest BCUT2D eigenvalue weighted by Crippen LogP contribution is -2.03. The Kier molecular flexibility index (Phi) is 4.76. The summed E-state index contributed by atoms with van der Waals surface area (Å²) in [6.45, 7) is 0. The molecule has 26 heavy (non-hydrogen) atoms. The summed E-state index contributed by atoms with van der Waals surface area (Å²) in [6, 6.07) is 17.9. The van der Waals surface area contributed by atoms with Crippen molar-refractivity contribution in [3.05, 3.63) is 64.5 Å². The molecular weight excluding hydrogens is 386 g/mol. The number of esters is 1. The zero-order chi connectivity index (χ0) is 18.1. The number of ether oxygens (including phenoxy) is 1. The minimum atomic E-state index is -0.272. The van der Waals surface area contributed by atoms with E-state index in [0.29, 0.717) is 5.02 Å². The van der Waals surface area contributed by atoms with Gasteiger partial charge in [0.05, 0.1) is 24.1 Å². The van der Waals surface area contributed by atoms with Crippen LogP contribution in [0.2, 0.25) is 5.02 Å². The summed E-state index contributed by atoms with van der Waals surface area (Å²) in [5.41, 5.74) is 1.75. The number of carbonyl (C=O) groups excluding carboxylic acids is 1. The minimum absolute atomic E-state index is 0.205. The van der Waals surface area contributed by atoms with E-state index >= 15 is 0 Å². The number of rotatable bonds is 4. The number of hydrogen-bond acceptors (Lipinski definition) is 5. The number of thiophene rings is 1. The quantitative estimate of drug-likeness (QED) is 0.391. The Labute approximate surface area is 163 Å². The molecule has 6 heteroatoms. The molecule has 0 saturated carbocycles. The lowest BCUT2D eigenvalue weighted by Gasteiger charge is -2.02. The second-order valence-corrected chi connectivity index (χ2v) is 8.30. The van der Waals surface area contributed by atoms with E-state index in [9.17, 15) is 4.79 Å². The van der Waals surface area contributed by atoms with Crippen molar-refractivity contribution in [1.82, 2.24) is 4.98 Å². The lowest BCUT2D eigenvalue weighted by molar-refractivity contribution is -0.139. The maximum Gasteiger partial charge on any atom is 0.310 e. The fourth-order valence-electron chi connectivity index (χ4n) is 2.70. The molecule has 2 heterocycles. The van der Waals surface area contributed by atoms with Crippen LogP contribution in [0.4, 0.5) is 0 Å². The van der Waals surface area contributed by atoms with Gasteiger partial charge in [0.2, 0.25) is 0 Å². The van der Waals surface area contributed by atoms with Crippen LogP contribution in [-0.4, -0.2) is 18.1 Å². The normalized spacial score (nSPS) is 11.0. The van der Waals surface area contributed by atoms with Gasteiger partial charge in [-0.15, -0.1) is 22.7 Å². The summed E-state index contributed by atoms with van der Waals surface area (Å²) in [7, 11) is 1.40. The number of carbonyl (C=O) groups is 1. The molecule has 0 atom stereocenters. The third-order valence-electron chi connectivity index (χ3n) is 3.98. The summed E-state index contributed by atoms with van der Waals surface area (Å²) in [4.78, 5) is 18.7. The van der Waals surface area contributed by atoms with Crippen LogP contribution in [0.5, 0.6) is 0 Å². The minimum Gasteiger partial charge on any atom is -0.469 e. The van der Waals surface area contributed by atoms with Crippen molar-refractivity contribution in [2.24, 2.45) is 0 Å². The highest BCUT2D eigenvalue weighted by Crippen LogP contribution is 2.39. The molecule has 3 nitrogen and oxygen atoms in total. The third-order valence-corrected chi connectivity index (χ3v) is 6.58. The zero-order valence-electron chi connectivity index (χ0n) is 13.9. The van der Waals surface area contributed by atoms with Gasteiger partial charge < -0.3 is 4.74 Å². The maximum atomic E-state index is 11.8. The maximum absolute atomic E-state index is 11.8. The summed E-state index contributed by atoms with van der Waals surface area (Å²) in [5.74, 6) is -0.272. The van der Waals surface area contributed by atoms with Gasteiger partial charge in [-0.05, 0) is 29.7 Å². The van der Waals surface area contributed by atoms with Crippen LogP contribution >= 0.6 is 34.3 Å². The van der Waals surface area contributed by atoms with Crippen LogP contribution in [0.15, 0.2) is 54.6 Å². The molecule has 4 aromatic rings. The van der Waals surface area contributed by atoms with Crippen molar-refractivity contribution in [1.29, 1.82) is 0 Å². The largest absolute Gasteiger partial charge is 0.469 e. The van der Waals surface area contributed by atoms with Gasteiger partial charge in [0.1, 0.15) is 5.01 Å². The molecule has 0 aliphatic carbocycles. The molecule has 2 aromatic carbocycles. The Morgan fingerprint density at radius 3 is 2.62 bits per heavy atom. The topological polar surface area (TPSA) is 39.2 Å². The lowest BCUT2D eigenvalue weighted by atomic mass is 10.1. The molecule has 0 fully saturated rings. The van der Waals surface area contributed by atoms with Crippen LogP contribution < -0.4 is 0 Å². The number of fused-ring (bicyclic) bond motifs is 1. The number of hydrogen-bond donors (Lipinski definition) is 0. The Bertz CT molecular complexity index is 1050. The summed E-state index contributed by atoms with van der Waals surface area (Å²) < 4.78 is 6.07. The van der Waals surface area contributed by atoms with E-state index in [0.717, 1.165) is 26.0 Å². The molecular formula is C20H14ClNO2S2. The smallest absolute Gasteiger partial charge is 0.310 e. The molecule has 0 bridgehead atoms. The number of aromatic nitrogens is 1. The molecule has 0 saturated heterocycles. The molecule has 0 aliphatic heterocycles. The molecule has 0 spiro atoms. The predicted octanol–water partition coefficient (Wildman–Crippen LogP) is 6.06. The second kappa shape index (κ2) is 7.19. The van der Waals surface area contributed by atoms with E-state index in [1.54, 1.807) is 11.3 Å². The Hall–Kier alpha value is -2.21. The second-order valence-electron chi connectivity index (χ2n) is 5.70. The molecule has 0 N–H and O–H groups in total. The van der Waals surface area contributed by atoms with Crippen molar-refractivity contribution in [3.8, 4) is 21.1 Å². The molecule has 4 rings (SSSR count). The van der Waals surface area contributed by atoms with E-state index in [1.807, 2.05) is 36.4 Å². The molecule has 2 aromatic heterocycles. The Morgan fingerprint density at radius 1 is 1.12 bits per heavy atom. The van der Waals surface area contributed by atoms with Crippen LogP contribution in [0.25, 0.3) is 31.2 Å². The molecule has 130 valence electrons. The Morgan fingerprint density at radius 2 is 1.88 bits per heavy atom. The number of nitrogens with zero attached hydrogens (tertiary/aromatic N) is 1. The fraction of sp³-hybridized carbons (Fsp3) is 0.100. The van der Waals surface area contributed by atoms with Crippen LogP contribution in [0.3, 0.4) is 0 Å². The summed E-state index contributed by atoms with van der Waals surface area (Å²) >= 11 is 9.24. The third kappa shape index (κ3) is 3.38. The average Bonchev–Trinajstić information content (AvgIpc) is 3.26. The number of methoxy groups -OCH3 is 1. The van der Waals surface area contributed by atoms with E-state index in [1.165, 1.54) is 28.5 Å². The molecule has 0 unspecified atom stereocenters. The summed E-state index contributed by atoms with van der Waals surface area (Å²) in [6.07, 6.45) is 0.205. The van der Waals surface area contributed by atoms with Crippen molar-refractivity contribution >= 4 is 50.3 Å². The van der Waals surface area contributed by atoms with Gasteiger partial charge in [0.25, 0.3) is 0 Å². The van der Waals surface area contributed by atoms with Gasteiger partial charge in [-0.1, -0.05) is 41.9 Å². The molecule has 0 amide bonds. The number of halogens is 1. The average molecular weight is 400 g/mol. The van der Waals surface area contributed by atoms with Gasteiger partial charge in [-0.2, -0.15) is 0 Å². The van der Waals surface area contributed by atoms with Crippen LogP contribution in [0.1, 0.15) is 4.88 Å². The van der Waals surface area contributed by atoms with E-state index < -0.39 is 0 Å². The molecule has 0 radical (unpaired) electrons. The summed E-state index contributed by atoms with van der Waals surface area (Å²) in [5, 5.41) is 2.78. The zero-order valence-corrected chi connectivity index (χ0v) is 16.3. The van der Waals surface area contributed by atoms with Crippen molar-refractivity contribution in [2.75, 3.05) is 7.11 Å².